The Bertz CT molecular complexity index is 1570. The molecule has 1 heterocycles. The molecule has 0 aliphatic rings. The van der Waals surface area contributed by atoms with Crippen LogP contribution in [0.25, 0.3) is 22.5 Å². The van der Waals surface area contributed by atoms with E-state index in [0.717, 1.165) is 28.7 Å². The molecule has 2 N–H and O–H groups in total. The molecule has 3 rings (SSSR count). The summed E-state index contributed by atoms with van der Waals surface area (Å²) in [6, 6.07) is 14.4. The van der Waals surface area contributed by atoms with Gasteiger partial charge < -0.3 is 24.6 Å². The SMILES string of the molecule is CCCCC(=O)N(Cc1ccc(-c2ccccc2-c2nn[nH]n2)cc1)C(C(=O)NCC(=O)OCCCC(O[N+](=O)[O-])C(C)O[N+](=O)[O-])C(C)C. The second kappa shape index (κ2) is 19.4. The molecule has 1 aromatic heterocycles. The highest BCUT2D eigenvalue weighted by Crippen LogP contribution is 2.30. The van der Waals surface area contributed by atoms with Crippen molar-refractivity contribution in [2.24, 2.45) is 5.92 Å². The summed E-state index contributed by atoms with van der Waals surface area (Å²) in [5.74, 6) is -1.35. The van der Waals surface area contributed by atoms with Gasteiger partial charge in [-0.2, -0.15) is 5.21 Å². The van der Waals surface area contributed by atoms with E-state index in [0.29, 0.717) is 12.2 Å². The fourth-order valence-electron chi connectivity index (χ4n) is 5.28. The van der Waals surface area contributed by atoms with Gasteiger partial charge in [0, 0.05) is 18.5 Å². The molecule has 2 aromatic carbocycles. The first-order valence-corrected chi connectivity index (χ1v) is 16.2. The van der Waals surface area contributed by atoms with E-state index in [4.69, 9.17) is 4.74 Å². The summed E-state index contributed by atoms with van der Waals surface area (Å²) in [6.45, 7) is 6.32. The van der Waals surface area contributed by atoms with Gasteiger partial charge in [-0.3, -0.25) is 14.4 Å². The van der Waals surface area contributed by atoms with E-state index in [-0.39, 0.29) is 44.2 Å². The second-order valence-electron chi connectivity index (χ2n) is 11.8. The molecular formula is C32H42N8O10. The van der Waals surface area contributed by atoms with E-state index in [2.05, 4.69) is 35.6 Å². The van der Waals surface area contributed by atoms with Crippen LogP contribution in [0.1, 0.15) is 65.4 Å². The van der Waals surface area contributed by atoms with Gasteiger partial charge in [0.1, 0.15) is 24.8 Å². The van der Waals surface area contributed by atoms with Crippen molar-refractivity contribution in [3.05, 3.63) is 74.3 Å². The van der Waals surface area contributed by atoms with Crippen LogP contribution < -0.4 is 5.32 Å². The molecule has 3 atom stereocenters. The van der Waals surface area contributed by atoms with Crippen molar-refractivity contribution in [1.82, 2.24) is 30.8 Å². The highest BCUT2D eigenvalue weighted by Gasteiger charge is 2.33. The number of aromatic amines is 1. The maximum absolute atomic E-state index is 13.5. The van der Waals surface area contributed by atoms with Crippen LogP contribution in [0.4, 0.5) is 0 Å². The Labute approximate surface area is 288 Å². The van der Waals surface area contributed by atoms with E-state index in [1.54, 1.807) is 0 Å². The van der Waals surface area contributed by atoms with Crippen LogP contribution >= 0.6 is 0 Å². The van der Waals surface area contributed by atoms with Gasteiger partial charge in [-0.15, -0.1) is 30.4 Å². The van der Waals surface area contributed by atoms with E-state index in [9.17, 15) is 34.6 Å². The lowest BCUT2D eigenvalue weighted by Crippen LogP contribution is -2.52. The van der Waals surface area contributed by atoms with Crippen molar-refractivity contribution >= 4 is 17.8 Å². The molecule has 0 spiro atoms. The summed E-state index contributed by atoms with van der Waals surface area (Å²) in [5.41, 5.74) is 3.39. The van der Waals surface area contributed by atoms with E-state index < -0.39 is 46.8 Å². The fraction of sp³-hybridized carbons (Fsp3) is 0.500. The number of hydrogen-bond acceptors (Lipinski definition) is 13. The summed E-state index contributed by atoms with van der Waals surface area (Å²) in [7, 11) is 0. The number of rotatable bonds is 21. The molecule has 0 saturated heterocycles. The van der Waals surface area contributed by atoms with Crippen LogP contribution in [-0.4, -0.2) is 84.9 Å². The molecule has 270 valence electrons. The molecule has 0 radical (unpaired) electrons. The third kappa shape index (κ3) is 11.8. The van der Waals surface area contributed by atoms with E-state index in [1.165, 1.54) is 11.8 Å². The van der Waals surface area contributed by atoms with Crippen molar-refractivity contribution < 1.29 is 39.0 Å². The summed E-state index contributed by atoms with van der Waals surface area (Å²) in [5, 5.41) is 36.0. The first-order valence-electron chi connectivity index (χ1n) is 16.2. The van der Waals surface area contributed by atoms with Crippen molar-refractivity contribution in [3.8, 4) is 22.5 Å². The number of nitrogens with zero attached hydrogens (tertiary/aromatic N) is 6. The summed E-state index contributed by atoms with van der Waals surface area (Å²) >= 11 is 0. The van der Waals surface area contributed by atoms with Gasteiger partial charge in [-0.05, 0) is 54.0 Å². The minimum Gasteiger partial charge on any atom is -0.464 e. The van der Waals surface area contributed by atoms with Gasteiger partial charge in [0.05, 0.1) is 6.61 Å². The van der Waals surface area contributed by atoms with Crippen LogP contribution in [0.5, 0.6) is 0 Å². The minimum absolute atomic E-state index is 0.0689. The van der Waals surface area contributed by atoms with Crippen LogP contribution in [0.3, 0.4) is 0 Å². The number of ether oxygens (including phenoxy) is 1. The molecular weight excluding hydrogens is 656 g/mol. The highest BCUT2D eigenvalue weighted by molar-refractivity contribution is 5.90. The van der Waals surface area contributed by atoms with Gasteiger partial charge in [0.2, 0.25) is 17.6 Å². The number of carbonyl (C=O) groups is 3. The summed E-state index contributed by atoms with van der Waals surface area (Å²) in [6.07, 6.45) is -0.827. The number of amides is 2. The highest BCUT2D eigenvalue weighted by atomic mass is 17.0. The number of tetrazole rings is 1. The third-order valence-electron chi connectivity index (χ3n) is 7.73. The van der Waals surface area contributed by atoms with Gasteiger partial charge >= 0.3 is 5.97 Å². The van der Waals surface area contributed by atoms with Crippen molar-refractivity contribution in [3.63, 3.8) is 0 Å². The predicted octanol–water partition coefficient (Wildman–Crippen LogP) is 3.69. The van der Waals surface area contributed by atoms with Gasteiger partial charge in [0.25, 0.3) is 10.2 Å². The number of esters is 1. The molecule has 18 heteroatoms. The number of hydrogen-bond donors (Lipinski definition) is 2. The average molecular weight is 699 g/mol. The van der Waals surface area contributed by atoms with Crippen LogP contribution in [0.15, 0.2) is 48.5 Å². The van der Waals surface area contributed by atoms with Crippen molar-refractivity contribution in [2.45, 2.75) is 84.6 Å². The van der Waals surface area contributed by atoms with Crippen LogP contribution in [0, 0.1) is 26.1 Å². The molecule has 0 saturated carbocycles. The minimum atomic E-state index is -1.26. The lowest BCUT2D eigenvalue weighted by molar-refractivity contribution is -0.798. The topological polar surface area (TPSA) is 235 Å². The Hall–Kier alpha value is -5.68. The molecule has 0 aliphatic heterocycles. The third-order valence-corrected chi connectivity index (χ3v) is 7.73. The zero-order valence-electron chi connectivity index (χ0n) is 28.4. The summed E-state index contributed by atoms with van der Waals surface area (Å²) in [4.78, 5) is 71.1. The van der Waals surface area contributed by atoms with Crippen molar-refractivity contribution in [1.29, 1.82) is 0 Å². The zero-order valence-corrected chi connectivity index (χ0v) is 28.4. The lowest BCUT2D eigenvalue weighted by atomic mass is 9.97. The average Bonchev–Trinajstić information content (AvgIpc) is 3.62. The Balaban J connectivity index is 1.65. The summed E-state index contributed by atoms with van der Waals surface area (Å²) < 4.78 is 5.14. The Kier molecular flexibility index (Phi) is 15.0. The molecule has 3 unspecified atom stereocenters. The molecule has 18 nitrogen and oxygen atoms in total. The van der Waals surface area contributed by atoms with Gasteiger partial charge in [-0.1, -0.05) is 75.7 Å². The van der Waals surface area contributed by atoms with Gasteiger partial charge in [0.15, 0.2) is 0 Å². The molecule has 0 bridgehead atoms. The largest absolute Gasteiger partial charge is 0.464 e. The quantitative estimate of drug-likeness (QED) is 0.0700. The van der Waals surface area contributed by atoms with Crippen LogP contribution in [-0.2, 0) is 35.3 Å². The maximum atomic E-state index is 13.5. The molecule has 0 aliphatic carbocycles. The maximum Gasteiger partial charge on any atom is 0.325 e. The normalized spacial score (nSPS) is 12.7. The smallest absolute Gasteiger partial charge is 0.325 e. The number of benzene rings is 2. The Morgan fingerprint density at radius 2 is 1.64 bits per heavy atom. The predicted molar refractivity (Wildman–Crippen MR) is 176 cm³/mol. The van der Waals surface area contributed by atoms with Gasteiger partial charge in [-0.25, -0.2) is 0 Å². The Morgan fingerprint density at radius 1 is 0.960 bits per heavy atom. The first kappa shape index (κ1) is 38.8. The molecule has 3 aromatic rings. The Morgan fingerprint density at radius 3 is 2.24 bits per heavy atom. The first-order chi connectivity index (χ1) is 23.9. The number of nitrogens with one attached hydrogen (secondary N) is 2. The van der Waals surface area contributed by atoms with Crippen molar-refractivity contribution in [2.75, 3.05) is 13.2 Å². The number of H-pyrrole nitrogens is 1. The fourth-order valence-corrected chi connectivity index (χ4v) is 5.28. The monoisotopic (exact) mass is 698 g/mol. The molecule has 50 heavy (non-hydrogen) atoms. The second-order valence-corrected chi connectivity index (χ2v) is 11.8. The number of carbonyl (C=O) groups excluding carboxylic acids is 3. The molecule has 2 amide bonds. The van der Waals surface area contributed by atoms with E-state index >= 15 is 0 Å². The number of unbranched alkanes of at least 4 members (excludes halogenated alkanes) is 1. The van der Waals surface area contributed by atoms with E-state index in [1.807, 2.05) is 69.3 Å². The molecule has 0 fully saturated rings. The lowest BCUT2D eigenvalue weighted by Gasteiger charge is -2.34. The zero-order chi connectivity index (χ0) is 36.6. The van der Waals surface area contributed by atoms with Crippen LogP contribution in [0.2, 0.25) is 0 Å². The number of aromatic nitrogens is 4. The standard InChI is InChI=1S/C32H42N8O10/c1-5-6-13-28(41)38(20-23-14-16-24(17-15-23)25-10-7-8-11-26(25)31-34-36-37-35-31)30(21(2)3)32(43)33-19-29(42)48-18-9-12-27(50-40(46)47)22(4)49-39(44)45/h7-8,10-11,14-17,21-22,27,30H,5-6,9,12-13,18-20H2,1-4H3,(H,33,43)(H,34,35,36,37).